The zero-order chi connectivity index (χ0) is 13.0. The van der Waals surface area contributed by atoms with Crippen LogP contribution in [0, 0.1) is 0 Å². The molecule has 5 heteroatoms. The monoisotopic (exact) mass is 227 g/mol. The van der Waals surface area contributed by atoms with Crippen molar-refractivity contribution in [2.75, 3.05) is 0 Å². The number of hydrogen-bond acceptors (Lipinski definition) is 3. The molecular formula is C11H17NO4. The molecule has 5 nitrogen and oxygen atoms in total. The quantitative estimate of drug-likeness (QED) is 0.467. The number of carboxylic acid groups (broad SMARTS) is 2. The lowest BCUT2D eigenvalue weighted by Gasteiger charge is -2.01. The van der Waals surface area contributed by atoms with Gasteiger partial charge in [0, 0.05) is 18.2 Å². The van der Waals surface area contributed by atoms with Crippen LogP contribution in [0.5, 0.6) is 0 Å². The fourth-order valence-corrected chi connectivity index (χ4v) is 0.667. The Labute approximate surface area is 94.6 Å². The highest BCUT2D eigenvalue weighted by molar-refractivity contribution is 5.89. The Morgan fingerprint density at radius 2 is 1.38 bits per heavy atom. The molecule has 16 heavy (non-hydrogen) atoms. The molecule has 0 aliphatic heterocycles. The van der Waals surface area contributed by atoms with E-state index < -0.39 is 11.9 Å². The third-order valence-electron chi connectivity index (χ3n) is 1.31. The molecule has 4 N–H and O–H groups in total. The van der Waals surface area contributed by atoms with Gasteiger partial charge in [0.2, 0.25) is 0 Å². The predicted molar refractivity (Wildman–Crippen MR) is 62.0 cm³/mol. The Bertz CT molecular complexity index is 245. The minimum absolute atomic E-state index is 0.227. The highest BCUT2D eigenvalue weighted by Crippen LogP contribution is 1.93. The lowest BCUT2D eigenvalue weighted by Crippen LogP contribution is -2.17. The van der Waals surface area contributed by atoms with E-state index >= 15 is 0 Å². The second-order valence-corrected chi connectivity index (χ2v) is 2.82. The van der Waals surface area contributed by atoms with E-state index in [1.807, 2.05) is 12.2 Å². The van der Waals surface area contributed by atoms with Crippen molar-refractivity contribution in [1.29, 1.82) is 0 Å². The first-order valence-electron chi connectivity index (χ1n) is 4.55. The minimum atomic E-state index is -1.26. The van der Waals surface area contributed by atoms with Gasteiger partial charge < -0.3 is 15.9 Å². The van der Waals surface area contributed by atoms with Crippen molar-refractivity contribution in [1.82, 2.24) is 0 Å². The van der Waals surface area contributed by atoms with E-state index in [0.29, 0.717) is 12.2 Å². The number of carboxylic acids is 2. The first-order valence-corrected chi connectivity index (χ1v) is 4.55. The van der Waals surface area contributed by atoms with Crippen molar-refractivity contribution in [2.45, 2.75) is 18.9 Å². The first kappa shape index (κ1) is 16.5. The summed E-state index contributed by atoms with van der Waals surface area (Å²) in [5.74, 6) is -2.51. The summed E-state index contributed by atoms with van der Waals surface area (Å²) in [6.45, 7) is 7.14. The van der Waals surface area contributed by atoms with Crippen LogP contribution >= 0.6 is 0 Å². The van der Waals surface area contributed by atoms with Gasteiger partial charge in [-0.15, -0.1) is 13.2 Å². The summed E-state index contributed by atoms with van der Waals surface area (Å²) in [4.78, 5) is 19.1. The number of carbonyl (C=O) groups is 2. The standard InChI is InChI=1S/C7H13N.C4H4O4/c1-3-5-7(8)6-4-2;5-3(6)1-2-4(7)8/h3-4,7H,1-2,5-6,8H2;1-2H,(H,5,6)(H,7,8)/b;2-1-. The van der Waals surface area contributed by atoms with Crippen LogP contribution in [0.25, 0.3) is 0 Å². The Morgan fingerprint density at radius 3 is 1.56 bits per heavy atom. The second-order valence-electron chi connectivity index (χ2n) is 2.82. The lowest BCUT2D eigenvalue weighted by atomic mass is 10.1. The van der Waals surface area contributed by atoms with Crippen molar-refractivity contribution in [3.63, 3.8) is 0 Å². The third-order valence-corrected chi connectivity index (χ3v) is 1.31. The van der Waals surface area contributed by atoms with Crippen LogP contribution in [0.15, 0.2) is 37.5 Å². The van der Waals surface area contributed by atoms with Crippen molar-refractivity contribution in [2.24, 2.45) is 5.73 Å². The summed E-state index contributed by atoms with van der Waals surface area (Å²) in [6, 6.07) is 0.227. The predicted octanol–water partition coefficient (Wildman–Crippen LogP) is 1.18. The van der Waals surface area contributed by atoms with Crippen LogP contribution in [-0.2, 0) is 9.59 Å². The molecule has 0 heterocycles. The van der Waals surface area contributed by atoms with E-state index in [-0.39, 0.29) is 6.04 Å². The van der Waals surface area contributed by atoms with Crippen LogP contribution < -0.4 is 5.73 Å². The molecule has 0 spiro atoms. The van der Waals surface area contributed by atoms with Gasteiger partial charge in [0.05, 0.1) is 0 Å². The Kier molecular flexibility index (Phi) is 11.6. The third kappa shape index (κ3) is 18.0. The molecule has 90 valence electrons. The Morgan fingerprint density at radius 1 is 1.06 bits per heavy atom. The maximum atomic E-state index is 9.55. The molecule has 0 rings (SSSR count). The molecule has 0 unspecified atom stereocenters. The second kappa shape index (κ2) is 11.2. The van der Waals surface area contributed by atoms with Gasteiger partial charge in [-0.2, -0.15) is 0 Å². The van der Waals surface area contributed by atoms with Crippen molar-refractivity contribution in [3.8, 4) is 0 Å². The highest BCUT2D eigenvalue weighted by atomic mass is 16.4. The summed E-state index contributed by atoms with van der Waals surface area (Å²) >= 11 is 0. The summed E-state index contributed by atoms with van der Waals surface area (Å²) in [7, 11) is 0. The molecule has 0 aromatic heterocycles. The van der Waals surface area contributed by atoms with Crippen LogP contribution in [-0.4, -0.2) is 28.2 Å². The number of aliphatic carboxylic acids is 2. The number of nitrogens with two attached hydrogens (primary N) is 1. The van der Waals surface area contributed by atoms with Crippen molar-refractivity contribution in [3.05, 3.63) is 37.5 Å². The van der Waals surface area contributed by atoms with Gasteiger partial charge in [-0.25, -0.2) is 9.59 Å². The van der Waals surface area contributed by atoms with E-state index in [0.717, 1.165) is 12.8 Å². The summed E-state index contributed by atoms with van der Waals surface area (Å²) in [5, 5.41) is 15.6. The molecule has 0 amide bonds. The zero-order valence-corrected chi connectivity index (χ0v) is 9.00. The lowest BCUT2D eigenvalue weighted by molar-refractivity contribution is -0.134. The first-order chi connectivity index (χ1) is 7.43. The molecule has 0 fully saturated rings. The number of rotatable bonds is 6. The van der Waals surface area contributed by atoms with Crippen LogP contribution in [0.1, 0.15) is 12.8 Å². The van der Waals surface area contributed by atoms with Crippen LogP contribution in [0.4, 0.5) is 0 Å². The molecule has 0 atom stereocenters. The molecule has 0 radical (unpaired) electrons. The molecule has 0 aromatic carbocycles. The minimum Gasteiger partial charge on any atom is -0.478 e. The Balaban J connectivity index is 0. The zero-order valence-electron chi connectivity index (χ0n) is 9.00. The van der Waals surface area contributed by atoms with E-state index in [1.165, 1.54) is 0 Å². The molecular weight excluding hydrogens is 210 g/mol. The molecule has 0 saturated carbocycles. The maximum absolute atomic E-state index is 9.55. The summed E-state index contributed by atoms with van der Waals surface area (Å²) in [5.41, 5.74) is 5.55. The van der Waals surface area contributed by atoms with Gasteiger partial charge in [0.25, 0.3) is 0 Å². The van der Waals surface area contributed by atoms with Gasteiger partial charge in [-0.05, 0) is 12.8 Å². The van der Waals surface area contributed by atoms with Crippen molar-refractivity contribution < 1.29 is 19.8 Å². The molecule has 0 aliphatic carbocycles. The summed E-state index contributed by atoms with van der Waals surface area (Å²) in [6.07, 6.45) is 6.53. The maximum Gasteiger partial charge on any atom is 0.328 e. The molecule has 0 bridgehead atoms. The molecule has 0 aromatic rings. The van der Waals surface area contributed by atoms with Crippen LogP contribution in [0.3, 0.4) is 0 Å². The van der Waals surface area contributed by atoms with Gasteiger partial charge in [-0.1, -0.05) is 12.2 Å². The van der Waals surface area contributed by atoms with Crippen molar-refractivity contribution >= 4 is 11.9 Å². The average Bonchev–Trinajstić information content (AvgIpc) is 2.16. The fraction of sp³-hybridized carbons (Fsp3) is 0.273. The average molecular weight is 227 g/mol. The van der Waals surface area contributed by atoms with E-state index in [9.17, 15) is 9.59 Å². The highest BCUT2D eigenvalue weighted by Gasteiger charge is 1.92. The van der Waals surface area contributed by atoms with Gasteiger partial charge in [-0.3, -0.25) is 0 Å². The van der Waals surface area contributed by atoms with E-state index in [1.54, 1.807) is 0 Å². The fourth-order valence-electron chi connectivity index (χ4n) is 0.667. The molecule has 0 aliphatic rings. The number of hydrogen-bond donors (Lipinski definition) is 3. The van der Waals surface area contributed by atoms with E-state index in [4.69, 9.17) is 15.9 Å². The van der Waals surface area contributed by atoms with Gasteiger partial charge in [0.1, 0.15) is 0 Å². The van der Waals surface area contributed by atoms with Gasteiger partial charge >= 0.3 is 11.9 Å². The van der Waals surface area contributed by atoms with Gasteiger partial charge in [0.15, 0.2) is 0 Å². The smallest absolute Gasteiger partial charge is 0.328 e. The summed E-state index contributed by atoms with van der Waals surface area (Å²) < 4.78 is 0. The van der Waals surface area contributed by atoms with Crippen LogP contribution in [0.2, 0.25) is 0 Å². The SMILES string of the molecule is C=CCC(N)CC=C.O=C(O)/C=C\C(=O)O. The topological polar surface area (TPSA) is 101 Å². The van der Waals surface area contributed by atoms with E-state index in [2.05, 4.69) is 13.2 Å². The molecule has 0 saturated heterocycles. The normalized spacial score (nSPS) is 9.38. The largest absolute Gasteiger partial charge is 0.478 e. The Hall–Kier alpha value is -1.88.